The van der Waals surface area contributed by atoms with Crippen molar-refractivity contribution >= 4 is 12.2 Å². The Morgan fingerprint density at radius 1 is 1.80 bits per heavy atom. The molecule has 0 aliphatic rings. The molecule has 0 radical (unpaired) electrons. The number of nitrogens with zero attached hydrogens (tertiary/aromatic N) is 1. The van der Waals surface area contributed by atoms with Crippen molar-refractivity contribution in [1.82, 2.24) is 15.3 Å². The Morgan fingerprint density at radius 2 is 2.53 bits per heavy atom. The second kappa shape index (κ2) is 5.26. The van der Waals surface area contributed by atoms with Crippen molar-refractivity contribution in [3.63, 3.8) is 0 Å². The topological polar surface area (TPSA) is 101 Å². The molecule has 0 saturated heterocycles. The minimum atomic E-state index is -0.685. The maximum absolute atomic E-state index is 11.4. The molecule has 0 aliphatic heterocycles. The molecule has 6 nitrogen and oxygen atoms in total. The first-order valence-corrected chi connectivity index (χ1v) is 4.62. The van der Waals surface area contributed by atoms with E-state index in [9.17, 15) is 9.59 Å². The minimum absolute atomic E-state index is 0.348. The molecule has 6 heteroatoms. The van der Waals surface area contributed by atoms with Crippen LogP contribution in [0, 0.1) is 0 Å². The molecular formula is C9H14N4O2. The zero-order chi connectivity index (χ0) is 11.3. The molecule has 1 aromatic rings. The van der Waals surface area contributed by atoms with Crippen LogP contribution in [0.2, 0.25) is 0 Å². The van der Waals surface area contributed by atoms with Gasteiger partial charge in [-0.3, -0.25) is 4.79 Å². The van der Waals surface area contributed by atoms with Crippen LogP contribution in [-0.2, 0) is 16.0 Å². The maximum atomic E-state index is 11.4. The van der Waals surface area contributed by atoms with E-state index in [0.29, 0.717) is 12.7 Å². The average molecular weight is 210 g/mol. The van der Waals surface area contributed by atoms with E-state index in [1.165, 1.54) is 6.33 Å². The van der Waals surface area contributed by atoms with Gasteiger partial charge in [0.25, 0.3) is 0 Å². The van der Waals surface area contributed by atoms with Crippen molar-refractivity contribution in [2.45, 2.75) is 25.4 Å². The Kier molecular flexibility index (Phi) is 3.99. The lowest BCUT2D eigenvalue weighted by molar-refractivity contribution is -0.124. The van der Waals surface area contributed by atoms with E-state index in [4.69, 9.17) is 5.73 Å². The Balaban J connectivity index is 2.43. The van der Waals surface area contributed by atoms with Crippen molar-refractivity contribution < 1.29 is 9.59 Å². The molecule has 4 N–H and O–H groups in total. The molecule has 0 bridgehead atoms. The molecule has 1 heterocycles. The number of aromatic amines is 1. The van der Waals surface area contributed by atoms with E-state index in [0.717, 1.165) is 5.69 Å². The third-order valence-corrected chi connectivity index (χ3v) is 1.89. The molecule has 1 aromatic heterocycles. The zero-order valence-electron chi connectivity index (χ0n) is 8.43. The Bertz CT molecular complexity index is 323. The number of rotatable bonds is 5. The van der Waals surface area contributed by atoms with E-state index in [1.807, 2.05) is 0 Å². The zero-order valence-corrected chi connectivity index (χ0v) is 8.43. The quantitative estimate of drug-likeness (QED) is 0.541. The minimum Gasteiger partial charge on any atom is -0.351 e. The van der Waals surface area contributed by atoms with Crippen LogP contribution in [0.15, 0.2) is 12.5 Å². The normalized spacial score (nSPS) is 14.3. The number of imidazole rings is 1. The molecule has 0 spiro atoms. The first-order valence-electron chi connectivity index (χ1n) is 4.62. The fourth-order valence-corrected chi connectivity index (χ4v) is 1.09. The van der Waals surface area contributed by atoms with Crippen LogP contribution >= 0.6 is 0 Å². The van der Waals surface area contributed by atoms with E-state index in [1.54, 1.807) is 13.1 Å². The monoisotopic (exact) mass is 210 g/mol. The number of hydrogen-bond donors (Lipinski definition) is 3. The fourth-order valence-electron chi connectivity index (χ4n) is 1.09. The lowest BCUT2D eigenvalue weighted by Gasteiger charge is -2.12. The van der Waals surface area contributed by atoms with Gasteiger partial charge in [-0.1, -0.05) is 0 Å². The molecule has 0 fully saturated rings. The van der Waals surface area contributed by atoms with E-state index in [2.05, 4.69) is 15.3 Å². The highest BCUT2D eigenvalue weighted by molar-refractivity contribution is 5.84. The van der Waals surface area contributed by atoms with Crippen LogP contribution in [0.5, 0.6) is 0 Å². The third kappa shape index (κ3) is 3.51. The summed E-state index contributed by atoms with van der Waals surface area (Å²) in [7, 11) is 0. The molecule has 0 aromatic carbocycles. The maximum Gasteiger partial charge on any atom is 0.237 e. The number of amides is 1. The summed E-state index contributed by atoms with van der Waals surface area (Å²) in [5.74, 6) is -0.349. The van der Waals surface area contributed by atoms with E-state index < -0.39 is 12.1 Å². The van der Waals surface area contributed by atoms with Crippen molar-refractivity contribution in [2.75, 3.05) is 0 Å². The third-order valence-electron chi connectivity index (χ3n) is 1.89. The fraction of sp³-hybridized carbons (Fsp3) is 0.444. The van der Waals surface area contributed by atoms with Gasteiger partial charge < -0.3 is 20.8 Å². The number of aldehydes is 1. The summed E-state index contributed by atoms with van der Waals surface area (Å²) in [5, 5.41) is 2.47. The molecular weight excluding hydrogens is 196 g/mol. The van der Waals surface area contributed by atoms with Crippen LogP contribution in [-0.4, -0.2) is 34.2 Å². The number of carbonyl (C=O) groups is 2. The first kappa shape index (κ1) is 11.4. The van der Waals surface area contributed by atoms with E-state index in [-0.39, 0.29) is 5.91 Å². The Labute approximate surface area is 87.3 Å². The molecule has 0 aliphatic carbocycles. The summed E-state index contributed by atoms with van der Waals surface area (Å²) in [6, 6.07) is -1.20. The largest absolute Gasteiger partial charge is 0.351 e. The van der Waals surface area contributed by atoms with Gasteiger partial charge in [0.05, 0.1) is 24.1 Å². The average Bonchev–Trinajstić information content (AvgIpc) is 2.70. The van der Waals surface area contributed by atoms with Gasteiger partial charge in [0.15, 0.2) is 0 Å². The van der Waals surface area contributed by atoms with Gasteiger partial charge in [-0.2, -0.15) is 0 Å². The van der Waals surface area contributed by atoms with Crippen molar-refractivity contribution in [3.8, 4) is 0 Å². The lowest BCUT2D eigenvalue weighted by Crippen LogP contribution is -2.46. The predicted octanol–water partition coefficient (Wildman–Crippen LogP) is -1.02. The van der Waals surface area contributed by atoms with Crippen LogP contribution in [0.25, 0.3) is 0 Å². The summed E-state index contributed by atoms with van der Waals surface area (Å²) in [6.07, 6.45) is 4.20. The number of nitrogens with two attached hydrogens (primary N) is 1. The number of hydrogen-bond acceptors (Lipinski definition) is 4. The van der Waals surface area contributed by atoms with E-state index >= 15 is 0 Å². The summed E-state index contributed by atoms with van der Waals surface area (Å²) in [5.41, 5.74) is 6.35. The first-order chi connectivity index (χ1) is 7.13. The van der Waals surface area contributed by atoms with Gasteiger partial charge in [-0.05, 0) is 6.92 Å². The molecule has 1 rings (SSSR count). The van der Waals surface area contributed by atoms with Gasteiger partial charge in [0, 0.05) is 12.6 Å². The summed E-state index contributed by atoms with van der Waals surface area (Å²) in [6.45, 7) is 1.59. The summed E-state index contributed by atoms with van der Waals surface area (Å²) < 4.78 is 0. The number of nitrogens with one attached hydrogen (secondary N) is 2. The Hall–Kier alpha value is -1.69. The van der Waals surface area contributed by atoms with Crippen molar-refractivity contribution in [1.29, 1.82) is 0 Å². The van der Waals surface area contributed by atoms with Gasteiger partial charge >= 0.3 is 0 Å². The molecule has 2 atom stereocenters. The molecule has 1 amide bonds. The highest BCUT2D eigenvalue weighted by Crippen LogP contribution is 1.96. The van der Waals surface area contributed by atoms with Gasteiger partial charge in [-0.15, -0.1) is 0 Å². The van der Waals surface area contributed by atoms with Crippen LogP contribution in [0.1, 0.15) is 12.6 Å². The molecule has 2 unspecified atom stereocenters. The van der Waals surface area contributed by atoms with Gasteiger partial charge in [-0.25, -0.2) is 4.98 Å². The van der Waals surface area contributed by atoms with Gasteiger partial charge in [0.1, 0.15) is 6.29 Å². The number of H-pyrrole nitrogens is 1. The molecule has 15 heavy (non-hydrogen) atoms. The van der Waals surface area contributed by atoms with Crippen LogP contribution < -0.4 is 11.1 Å². The molecule has 82 valence electrons. The van der Waals surface area contributed by atoms with Crippen LogP contribution in [0.3, 0.4) is 0 Å². The summed E-state index contributed by atoms with van der Waals surface area (Å²) >= 11 is 0. The van der Waals surface area contributed by atoms with Crippen LogP contribution in [0.4, 0.5) is 0 Å². The van der Waals surface area contributed by atoms with Crippen molar-refractivity contribution in [3.05, 3.63) is 18.2 Å². The SMILES string of the molecule is CC(C=O)NC(=O)C(N)Cc1c[nH]cn1. The standard InChI is InChI=1S/C9H14N4O2/c1-6(4-14)13-9(15)8(10)2-7-3-11-5-12-7/h3-6,8H,2,10H2,1H3,(H,11,12)(H,13,15). The highest BCUT2D eigenvalue weighted by Gasteiger charge is 2.16. The Morgan fingerprint density at radius 3 is 3.07 bits per heavy atom. The highest BCUT2D eigenvalue weighted by atomic mass is 16.2. The molecule has 0 saturated carbocycles. The number of carbonyl (C=O) groups excluding carboxylic acids is 2. The predicted molar refractivity (Wildman–Crippen MR) is 53.9 cm³/mol. The van der Waals surface area contributed by atoms with Crippen molar-refractivity contribution in [2.24, 2.45) is 5.73 Å². The second-order valence-electron chi connectivity index (χ2n) is 3.30. The smallest absolute Gasteiger partial charge is 0.237 e. The second-order valence-corrected chi connectivity index (χ2v) is 3.30. The van der Waals surface area contributed by atoms with Gasteiger partial charge in [0.2, 0.25) is 5.91 Å². The lowest BCUT2D eigenvalue weighted by atomic mass is 10.1. The number of aromatic nitrogens is 2. The summed E-state index contributed by atoms with van der Waals surface area (Å²) in [4.78, 5) is 28.4.